The summed E-state index contributed by atoms with van der Waals surface area (Å²) in [5.74, 6) is -0.742. The van der Waals surface area contributed by atoms with Gasteiger partial charge < -0.3 is 24.7 Å². The molecule has 4 rings (SSSR count). The fraction of sp³-hybridized carbons (Fsp3) is 0.138. The van der Waals surface area contributed by atoms with Crippen molar-refractivity contribution in [3.05, 3.63) is 102 Å². The molecule has 10 heteroatoms. The minimum absolute atomic E-state index is 0.205. The highest BCUT2D eigenvalue weighted by Gasteiger charge is 2.22. The van der Waals surface area contributed by atoms with Crippen molar-refractivity contribution in [2.75, 3.05) is 37.3 Å². The topological polar surface area (TPSA) is 94.7 Å². The Morgan fingerprint density at radius 3 is 2.31 bits per heavy atom. The number of nitrogens with one attached hydrogen (secondary N) is 3. The van der Waals surface area contributed by atoms with E-state index >= 15 is 0 Å². The van der Waals surface area contributed by atoms with E-state index in [0.29, 0.717) is 35.8 Å². The molecule has 0 aliphatic rings. The number of hydrogen-bond acceptors (Lipinski definition) is 6. The highest BCUT2D eigenvalue weighted by Crippen LogP contribution is 2.33. The zero-order valence-corrected chi connectivity index (χ0v) is 22.1. The van der Waals surface area contributed by atoms with Gasteiger partial charge in [-0.15, -0.1) is 0 Å². The van der Waals surface area contributed by atoms with Crippen molar-refractivity contribution in [2.24, 2.45) is 0 Å². The maximum absolute atomic E-state index is 14.3. The summed E-state index contributed by atoms with van der Waals surface area (Å²) in [5.41, 5.74) is 1.82. The van der Waals surface area contributed by atoms with Crippen LogP contribution >= 0.6 is 0 Å². The molecule has 0 fully saturated rings. The van der Waals surface area contributed by atoms with Gasteiger partial charge in [0.05, 0.1) is 25.5 Å². The first-order chi connectivity index (χ1) is 18.9. The molecule has 1 unspecified atom stereocenters. The second-order valence-corrected chi connectivity index (χ2v) is 9.51. The smallest absolute Gasteiger partial charge is 0.251 e. The summed E-state index contributed by atoms with van der Waals surface area (Å²) in [5, 5.41) is 6.05. The van der Waals surface area contributed by atoms with Gasteiger partial charge in [0.15, 0.2) is 5.75 Å². The van der Waals surface area contributed by atoms with E-state index in [1.165, 1.54) is 43.5 Å². The Morgan fingerprint density at radius 2 is 1.56 bits per heavy atom. The first-order valence-electron chi connectivity index (χ1n) is 12.0. The average molecular weight is 552 g/mol. The van der Waals surface area contributed by atoms with Gasteiger partial charge in [0.1, 0.15) is 28.7 Å². The van der Waals surface area contributed by atoms with E-state index in [2.05, 4.69) is 15.4 Å². The van der Waals surface area contributed by atoms with Gasteiger partial charge in [-0.2, -0.15) is 0 Å². The van der Waals surface area contributed by atoms with Crippen LogP contribution in [0.25, 0.3) is 11.1 Å². The molecule has 1 atom stereocenters. The van der Waals surface area contributed by atoms with E-state index in [9.17, 15) is 18.1 Å². The van der Waals surface area contributed by atoms with E-state index in [1.807, 2.05) is 6.07 Å². The number of rotatable bonds is 11. The predicted molar refractivity (Wildman–Crippen MR) is 149 cm³/mol. The molecule has 0 saturated heterocycles. The molecule has 0 spiro atoms. The first kappa shape index (κ1) is 27.7. The summed E-state index contributed by atoms with van der Waals surface area (Å²) in [4.78, 5) is 12.6. The van der Waals surface area contributed by atoms with Crippen molar-refractivity contribution in [3.63, 3.8) is 0 Å². The van der Waals surface area contributed by atoms with Gasteiger partial charge in [0, 0.05) is 30.4 Å². The van der Waals surface area contributed by atoms with Crippen molar-refractivity contribution in [3.8, 4) is 22.6 Å². The Bertz CT molecular complexity index is 1430. The molecule has 202 valence electrons. The number of halogens is 2. The van der Waals surface area contributed by atoms with Crippen LogP contribution in [-0.4, -0.2) is 37.8 Å². The van der Waals surface area contributed by atoms with Crippen LogP contribution < -0.4 is 24.8 Å². The summed E-state index contributed by atoms with van der Waals surface area (Å²) in [6.45, 7) is 0.822. The minimum Gasteiger partial charge on any atom is -0.588 e. The summed E-state index contributed by atoms with van der Waals surface area (Å²) in [6, 6.07) is 22.1. The normalized spacial score (nSPS) is 11.4. The highest BCUT2D eigenvalue weighted by molar-refractivity contribution is 7.92. The van der Waals surface area contributed by atoms with Gasteiger partial charge in [0.2, 0.25) is 4.90 Å². The number of amides is 1. The quantitative estimate of drug-likeness (QED) is 0.165. The maximum atomic E-state index is 14.3. The monoisotopic (exact) mass is 551 g/mol. The van der Waals surface area contributed by atoms with E-state index < -0.39 is 23.0 Å². The summed E-state index contributed by atoms with van der Waals surface area (Å²) in [7, 11) is 2.97. The molecule has 0 aliphatic heterocycles. The van der Waals surface area contributed by atoms with Crippen molar-refractivity contribution in [1.29, 1.82) is 0 Å². The molecule has 4 aromatic rings. The molecule has 0 heterocycles. The third-order valence-corrected chi connectivity index (χ3v) is 6.90. The summed E-state index contributed by atoms with van der Waals surface area (Å²) in [6.07, 6.45) is 0. The SMILES string of the molecule is COc1cccc(C(=O)NCCNc2cccc(N[S+]([O-])c3cc(-c4c(F)cccc4F)ccc3OC)c2)c1. The van der Waals surface area contributed by atoms with Crippen LogP contribution in [0, 0.1) is 11.6 Å². The van der Waals surface area contributed by atoms with Gasteiger partial charge in [-0.25, -0.2) is 13.5 Å². The van der Waals surface area contributed by atoms with Gasteiger partial charge in [-0.3, -0.25) is 4.79 Å². The minimum atomic E-state index is -1.80. The van der Waals surface area contributed by atoms with Crippen molar-refractivity contribution < 1.29 is 27.6 Å². The molecular weight excluding hydrogens is 524 g/mol. The predicted octanol–water partition coefficient (Wildman–Crippen LogP) is 5.63. The maximum Gasteiger partial charge on any atom is 0.251 e. The third kappa shape index (κ3) is 6.98. The Morgan fingerprint density at radius 1 is 0.846 bits per heavy atom. The van der Waals surface area contributed by atoms with Crippen LogP contribution in [0.3, 0.4) is 0 Å². The largest absolute Gasteiger partial charge is 0.588 e. The Balaban J connectivity index is 1.39. The van der Waals surface area contributed by atoms with E-state index in [4.69, 9.17) is 9.47 Å². The Labute approximate surface area is 228 Å². The lowest BCUT2D eigenvalue weighted by Gasteiger charge is -2.16. The molecular formula is C29H27F2N3O4S. The number of hydrogen-bond donors (Lipinski definition) is 3. The van der Waals surface area contributed by atoms with Crippen LogP contribution in [0.1, 0.15) is 10.4 Å². The molecule has 0 saturated carbocycles. The Hall–Kier alpha value is -4.28. The third-order valence-electron chi connectivity index (χ3n) is 5.76. The van der Waals surface area contributed by atoms with E-state index in [-0.39, 0.29) is 21.9 Å². The van der Waals surface area contributed by atoms with Crippen LogP contribution in [0.4, 0.5) is 20.2 Å². The number of carbonyl (C=O) groups excluding carboxylic acids is 1. The second-order valence-electron chi connectivity index (χ2n) is 8.33. The summed E-state index contributed by atoms with van der Waals surface area (Å²) < 4.78 is 55.3. The van der Waals surface area contributed by atoms with Crippen LogP contribution in [0.2, 0.25) is 0 Å². The summed E-state index contributed by atoms with van der Waals surface area (Å²) >= 11 is -1.80. The molecule has 7 nitrogen and oxygen atoms in total. The second kappa shape index (κ2) is 13.0. The number of carbonyl (C=O) groups is 1. The van der Waals surface area contributed by atoms with Gasteiger partial charge in [0.25, 0.3) is 5.91 Å². The number of benzene rings is 4. The lowest BCUT2D eigenvalue weighted by Crippen LogP contribution is -2.28. The van der Waals surface area contributed by atoms with Crippen LogP contribution in [-0.2, 0) is 11.4 Å². The molecule has 4 aromatic carbocycles. The zero-order valence-electron chi connectivity index (χ0n) is 21.3. The van der Waals surface area contributed by atoms with Crippen LogP contribution in [0.5, 0.6) is 11.5 Å². The van der Waals surface area contributed by atoms with E-state index in [1.54, 1.807) is 49.6 Å². The fourth-order valence-corrected chi connectivity index (χ4v) is 4.87. The number of anilines is 2. The fourth-order valence-electron chi connectivity index (χ4n) is 3.85. The van der Waals surface area contributed by atoms with Crippen molar-refractivity contribution >= 4 is 28.6 Å². The lowest BCUT2D eigenvalue weighted by molar-refractivity contribution is 0.0955. The van der Waals surface area contributed by atoms with Crippen molar-refractivity contribution in [1.82, 2.24) is 5.32 Å². The number of ether oxygens (including phenoxy) is 2. The average Bonchev–Trinajstić information content (AvgIpc) is 2.95. The van der Waals surface area contributed by atoms with Gasteiger partial charge in [-0.05, 0) is 60.2 Å². The molecule has 0 aromatic heterocycles. The first-order valence-corrected chi connectivity index (χ1v) is 13.1. The zero-order chi connectivity index (χ0) is 27.8. The van der Waals surface area contributed by atoms with Gasteiger partial charge in [-0.1, -0.05) is 24.3 Å². The highest BCUT2D eigenvalue weighted by atomic mass is 32.2. The van der Waals surface area contributed by atoms with Crippen molar-refractivity contribution in [2.45, 2.75) is 4.90 Å². The van der Waals surface area contributed by atoms with Gasteiger partial charge >= 0.3 is 0 Å². The molecule has 1 amide bonds. The standard InChI is InChI=1S/C29H27F2N3O4S/c1-37-23-9-3-6-20(16-23)29(35)33-15-14-32-21-7-4-8-22(18-21)34-39(36)27-17-19(12-13-26(27)38-2)28-24(30)10-5-11-25(28)31/h3-13,16-18,32,34H,14-15H2,1-2H3,(H,33,35). The van der Waals surface area contributed by atoms with E-state index in [0.717, 1.165) is 5.69 Å². The lowest BCUT2D eigenvalue weighted by atomic mass is 10.0. The molecule has 0 radical (unpaired) electrons. The number of methoxy groups -OCH3 is 2. The Kier molecular flexibility index (Phi) is 9.24. The van der Waals surface area contributed by atoms with Crippen LogP contribution in [0.15, 0.2) is 89.8 Å². The molecule has 0 bridgehead atoms. The molecule has 0 aliphatic carbocycles. The molecule has 3 N–H and O–H groups in total. The molecule has 39 heavy (non-hydrogen) atoms.